The fraction of sp³-hybridized carbons (Fsp3) is 0.176. The number of hydrogen-bond donors (Lipinski definition) is 2. The summed E-state index contributed by atoms with van der Waals surface area (Å²) in [6.45, 7) is 0.366. The molecule has 2 N–H and O–H groups in total. The highest BCUT2D eigenvalue weighted by Gasteiger charge is 2.07. The van der Waals surface area contributed by atoms with E-state index in [0.29, 0.717) is 29.6 Å². The van der Waals surface area contributed by atoms with Gasteiger partial charge in [0.1, 0.15) is 5.82 Å². The van der Waals surface area contributed by atoms with Crippen LogP contribution in [0.2, 0.25) is 0 Å². The van der Waals surface area contributed by atoms with Crippen LogP contribution in [0.1, 0.15) is 11.1 Å². The summed E-state index contributed by atoms with van der Waals surface area (Å²) in [5, 5.41) is 2.76. The lowest BCUT2D eigenvalue weighted by atomic mass is 10.1. The molecule has 3 aromatic rings. The number of carbonyl (C=O) groups is 1. The summed E-state index contributed by atoms with van der Waals surface area (Å²) >= 11 is 0. The van der Waals surface area contributed by atoms with Crippen LogP contribution in [0, 0.1) is 5.82 Å². The van der Waals surface area contributed by atoms with Crippen LogP contribution in [-0.2, 0) is 17.6 Å². The highest BCUT2D eigenvalue weighted by Crippen LogP contribution is 2.12. The summed E-state index contributed by atoms with van der Waals surface area (Å²) < 4.78 is 18.4. The van der Waals surface area contributed by atoms with Gasteiger partial charge in [0.15, 0.2) is 5.58 Å². The smallest absolute Gasteiger partial charge is 0.408 e. The van der Waals surface area contributed by atoms with Crippen molar-refractivity contribution in [3.05, 3.63) is 70.0 Å². The van der Waals surface area contributed by atoms with E-state index in [4.69, 9.17) is 4.42 Å². The second-order valence-corrected chi connectivity index (χ2v) is 5.21. The molecular formula is C17H15FN2O3. The molecule has 0 fully saturated rings. The largest absolute Gasteiger partial charge is 0.417 e. The monoisotopic (exact) mass is 314 g/mol. The Morgan fingerprint density at radius 1 is 1.22 bits per heavy atom. The molecule has 0 atom stereocenters. The SMILES string of the molecule is O=C(Cc1ccc2oc(=O)[nH]c2c1)NCCc1ccccc1F. The van der Waals surface area contributed by atoms with Crippen molar-refractivity contribution in [3.8, 4) is 0 Å². The van der Waals surface area contributed by atoms with Gasteiger partial charge in [-0.15, -0.1) is 0 Å². The predicted octanol–water partition coefficient (Wildman–Crippen LogP) is 2.16. The van der Waals surface area contributed by atoms with Gasteiger partial charge in [-0.05, 0) is 35.7 Å². The van der Waals surface area contributed by atoms with E-state index < -0.39 is 5.76 Å². The van der Waals surface area contributed by atoms with Crippen molar-refractivity contribution in [2.45, 2.75) is 12.8 Å². The molecule has 0 bridgehead atoms. The number of amides is 1. The molecule has 0 saturated heterocycles. The van der Waals surface area contributed by atoms with Gasteiger partial charge in [-0.2, -0.15) is 0 Å². The zero-order valence-corrected chi connectivity index (χ0v) is 12.3. The molecule has 5 nitrogen and oxygen atoms in total. The molecule has 0 radical (unpaired) electrons. The third kappa shape index (κ3) is 3.66. The Hall–Kier alpha value is -2.89. The fourth-order valence-corrected chi connectivity index (χ4v) is 2.39. The van der Waals surface area contributed by atoms with Crippen molar-refractivity contribution < 1.29 is 13.6 Å². The number of fused-ring (bicyclic) bond motifs is 1. The lowest BCUT2D eigenvalue weighted by Crippen LogP contribution is -2.27. The number of aromatic nitrogens is 1. The normalized spacial score (nSPS) is 10.8. The zero-order valence-electron chi connectivity index (χ0n) is 12.3. The Kier molecular flexibility index (Phi) is 4.23. The summed E-state index contributed by atoms with van der Waals surface area (Å²) in [6.07, 6.45) is 0.618. The van der Waals surface area contributed by atoms with Crippen LogP contribution in [-0.4, -0.2) is 17.4 Å². The minimum absolute atomic E-state index is 0.161. The summed E-state index contributed by atoms with van der Waals surface area (Å²) in [5.74, 6) is -0.950. The summed E-state index contributed by atoms with van der Waals surface area (Å²) in [7, 11) is 0. The van der Waals surface area contributed by atoms with Crippen molar-refractivity contribution in [1.82, 2.24) is 10.3 Å². The van der Waals surface area contributed by atoms with Gasteiger partial charge in [-0.1, -0.05) is 24.3 Å². The molecule has 1 amide bonds. The predicted molar refractivity (Wildman–Crippen MR) is 83.7 cm³/mol. The first-order valence-electron chi connectivity index (χ1n) is 7.24. The molecule has 0 aliphatic carbocycles. The maximum atomic E-state index is 13.5. The van der Waals surface area contributed by atoms with E-state index in [1.807, 2.05) is 0 Å². The Balaban J connectivity index is 1.56. The number of carbonyl (C=O) groups excluding carboxylic acids is 1. The number of oxazole rings is 1. The van der Waals surface area contributed by atoms with Crippen molar-refractivity contribution in [3.63, 3.8) is 0 Å². The van der Waals surface area contributed by atoms with E-state index in [-0.39, 0.29) is 18.1 Å². The molecule has 0 spiro atoms. The minimum atomic E-state index is -0.522. The van der Waals surface area contributed by atoms with E-state index in [1.165, 1.54) is 6.07 Å². The maximum absolute atomic E-state index is 13.5. The van der Waals surface area contributed by atoms with Crippen LogP contribution in [0.25, 0.3) is 11.1 Å². The highest BCUT2D eigenvalue weighted by atomic mass is 19.1. The van der Waals surface area contributed by atoms with Gasteiger partial charge in [0.05, 0.1) is 11.9 Å². The third-order valence-corrected chi connectivity index (χ3v) is 3.52. The van der Waals surface area contributed by atoms with Crippen LogP contribution in [0.3, 0.4) is 0 Å². The second kappa shape index (κ2) is 6.48. The maximum Gasteiger partial charge on any atom is 0.417 e. The van der Waals surface area contributed by atoms with E-state index in [0.717, 1.165) is 5.56 Å². The van der Waals surface area contributed by atoms with E-state index in [9.17, 15) is 14.0 Å². The average Bonchev–Trinajstić information content (AvgIpc) is 2.88. The topological polar surface area (TPSA) is 75.1 Å². The lowest BCUT2D eigenvalue weighted by molar-refractivity contribution is -0.120. The molecule has 1 heterocycles. The van der Waals surface area contributed by atoms with Gasteiger partial charge in [0, 0.05) is 6.54 Å². The van der Waals surface area contributed by atoms with Crippen molar-refractivity contribution in [2.24, 2.45) is 0 Å². The number of aromatic amines is 1. The van der Waals surface area contributed by atoms with Gasteiger partial charge in [-0.25, -0.2) is 9.18 Å². The van der Waals surface area contributed by atoms with E-state index >= 15 is 0 Å². The number of nitrogens with one attached hydrogen (secondary N) is 2. The van der Waals surface area contributed by atoms with Crippen molar-refractivity contribution >= 4 is 17.0 Å². The van der Waals surface area contributed by atoms with Crippen LogP contribution in [0.15, 0.2) is 51.7 Å². The highest BCUT2D eigenvalue weighted by molar-refractivity contribution is 5.80. The number of rotatable bonds is 5. The molecule has 23 heavy (non-hydrogen) atoms. The average molecular weight is 314 g/mol. The first-order chi connectivity index (χ1) is 11.1. The Bertz CT molecular complexity index is 898. The first-order valence-corrected chi connectivity index (χ1v) is 7.24. The standard InChI is InChI=1S/C17H15FN2O3/c18-13-4-2-1-3-12(13)7-8-19-16(21)10-11-5-6-15-14(9-11)20-17(22)23-15/h1-6,9H,7-8,10H2,(H,19,21)(H,20,22). The minimum Gasteiger partial charge on any atom is -0.408 e. The van der Waals surface area contributed by atoms with Crippen LogP contribution < -0.4 is 11.1 Å². The quantitative estimate of drug-likeness (QED) is 0.758. The Morgan fingerprint density at radius 3 is 2.87 bits per heavy atom. The number of hydrogen-bond acceptors (Lipinski definition) is 3. The van der Waals surface area contributed by atoms with Crippen LogP contribution >= 0.6 is 0 Å². The van der Waals surface area contributed by atoms with Crippen LogP contribution in [0.5, 0.6) is 0 Å². The number of benzene rings is 2. The van der Waals surface area contributed by atoms with Gasteiger partial charge >= 0.3 is 5.76 Å². The molecule has 118 valence electrons. The molecule has 0 aliphatic heterocycles. The Morgan fingerprint density at radius 2 is 2.04 bits per heavy atom. The molecule has 0 saturated carbocycles. The number of H-pyrrole nitrogens is 1. The molecule has 0 unspecified atom stereocenters. The fourth-order valence-electron chi connectivity index (χ4n) is 2.39. The summed E-state index contributed by atoms with van der Waals surface area (Å²) in [5.41, 5.74) is 2.36. The van der Waals surface area contributed by atoms with Gasteiger partial charge in [0.25, 0.3) is 0 Å². The van der Waals surface area contributed by atoms with Crippen LogP contribution in [0.4, 0.5) is 4.39 Å². The number of halogens is 1. The van der Waals surface area contributed by atoms with E-state index in [1.54, 1.807) is 36.4 Å². The molecule has 6 heteroatoms. The molecule has 2 aromatic carbocycles. The van der Waals surface area contributed by atoms with E-state index in [2.05, 4.69) is 10.3 Å². The van der Waals surface area contributed by atoms with Gasteiger partial charge < -0.3 is 9.73 Å². The molecule has 3 rings (SSSR count). The molecular weight excluding hydrogens is 299 g/mol. The molecule has 0 aliphatic rings. The second-order valence-electron chi connectivity index (χ2n) is 5.21. The van der Waals surface area contributed by atoms with Crippen molar-refractivity contribution in [1.29, 1.82) is 0 Å². The molecule has 1 aromatic heterocycles. The summed E-state index contributed by atoms with van der Waals surface area (Å²) in [4.78, 5) is 25.6. The van der Waals surface area contributed by atoms with Gasteiger partial charge in [0.2, 0.25) is 5.91 Å². The Labute approximate surface area is 131 Å². The lowest BCUT2D eigenvalue weighted by Gasteiger charge is -2.06. The first kappa shape index (κ1) is 15.0. The zero-order chi connectivity index (χ0) is 16.2. The van der Waals surface area contributed by atoms with Gasteiger partial charge in [-0.3, -0.25) is 9.78 Å². The third-order valence-electron chi connectivity index (χ3n) is 3.52. The summed E-state index contributed by atoms with van der Waals surface area (Å²) in [6, 6.07) is 11.6. The van der Waals surface area contributed by atoms with Crippen molar-refractivity contribution in [2.75, 3.05) is 6.54 Å².